The zero-order chi connectivity index (χ0) is 33.9. The highest BCUT2D eigenvalue weighted by atomic mass is 15.0. The van der Waals surface area contributed by atoms with Crippen LogP contribution in [0.5, 0.6) is 0 Å². The molecule has 0 fully saturated rings. The van der Waals surface area contributed by atoms with E-state index in [0.29, 0.717) is 0 Å². The molecule has 0 heterocycles. The molecule has 0 amide bonds. The molecule has 0 saturated carbocycles. The van der Waals surface area contributed by atoms with E-state index < -0.39 is 0 Å². The molecule has 1 N–H and O–H groups in total. The molecule has 8 rings (SSSR count). The number of hydrogen-bond acceptors (Lipinski definition) is 1. The van der Waals surface area contributed by atoms with Crippen LogP contribution in [0.3, 0.4) is 0 Å². The summed E-state index contributed by atoms with van der Waals surface area (Å²) in [6, 6.07) is 62.6. The van der Waals surface area contributed by atoms with E-state index in [4.69, 9.17) is 4.99 Å². The Kier molecular flexibility index (Phi) is 8.51. The molecule has 0 aliphatic heterocycles. The van der Waals surface area contributed by atoms with Crippen LogP contribution in [-0.4, -0.2) is 5.84 Å². The summed E-state index contributed by atoms with van der Waals surface area (Å²) in [5.74, 6) is 0.801. The van der Waals surface area contributed by atoms with Crippen molar-refractivity contribution in [2.45, 2.75) is 19.4 Å². The third kappa shape index (κ3) is 5.86. The largest absolute Gasteiger partial charge is 0.340 e. The Morgan fingerprint density at radius 3 is 1.84 bits per heavy atom. The maximum atomic E-state index is 5.45. The van der Waals surface area contributed by atoms with Gasteiger partial charge in [0.15, 0.2) is 0 Å². The summed E-state index contributed by atoms with van der Waals surface area (Å²) in [5.41, 5.74) is 8.93. The summed E-state index contributed by atoms with van der Waals surface area (Å²) in [7, 11) is 0. The molecule has 0 aliphatic carbocycles. The summed E-state index contributed by atoms with van der Waals surface area (Å²) < 4.78 is 0. The van der Waals surface area contributed by atoms with Crippen LogP contribution in [0.2, 0.25) is 0 Å². The van der Waals surface area contributed by atoms with E-state index in [9.17, 15) is 0 Å². The van der Waals surface area contributed by atoms with Gasteiger partial charge in [-0.2, -0.15) is 0 Å². The monoisotopic (exact) mass is 642 g/mol. The summed E-state index contributed by atoms with van der Waals surface area (Å²) in [6.07, 6.45) is 0.866. The molecule has 1 unspecified atom stereocenters. The van der Waals surface area contributed by atoms with Gasteiger partial charge in [-0.05, 0) is 78.2 Å². The molecule has 50 heavy (non-hydrogen) atoms. The van der Waals surface area contributed by atoms with Crippen molar-refractivity contribution in [1.29, 1.82) is 0 Å². The molecular weight excluding hydrogens is 605 g/mol. The second-order valence-corrected chi connectivity index (χ2v) is 12.7. The molecule has 8 aromatic rings. The highest BCUT2D eigenvalue weighted by molar-refractivity contribution is 6.24. The Morgan fingerprint density at radius 2 is 1.12 bits per heavy atom. The van der Waals surface area contributed by atoms with Crippen LogP contribution >= 0.6 is 0 Å². The molecule has 2 heteroatoms. The lowest BCUT2D eigenvalue weighted by Crippen LogP contribution is -2.24. The number of nitrogens with zero attached hydrogens (tertiary/aromatic N) is 1. The van der Waals surface area contributed by atoms with Gasteiger partial charge in [-0.3, -0.25) is 4.99 Å². The number of hydrogen-bond donors (Lipinski definition) is 1. The van der Waals surface area contributed by atoms with Crippen LogP contribution in [0.1, 0.15) is 36.1 Å². The van der Waals surface area contributed by atoms with E-state index in [1.54, 1.807) is 0 Å². The maximum Gasteiger partial charge on any atom is 0.133 e. The molecule has 2 nitrogen and oxygen atoms in total. The smallest absolute Gasteiger partial charge is 0.133 e. The second kappa shape index (κ2) is 13.7. The van der Waals surface area contributed by atoms with Crippen LogP contribution in [-0.2, 0) is 0 Å². The fourth-order valence-electron chi connectivity index (χ4n) is 7.24. The Bertz CT molecular complexity index is 2490. The molecule has 1 atom stereocenters. The van der Waals surface area contributed by atoms with Gasteiger partial charge in [-0.1, -0.05) is 183 Å². The van der Waals surface area contributed by atoms with Crippen LogP contribution in [0.15, 0.2) is 187 Å². The number of fused-ring (bicyclic) bond motifs is 3. The lowest BCUT2D eigenvalue weighted by atomic mass is 9.84. The molecule has 0 bridgehead atoms. The number of aliphatic imine (C=N–C) groups is 1. The molecule has 0 spiro atoms. The minimum absolute atomic E-state index is 0.0213. The van der Waals surface area contributed by atoms with Crippen LogP contribution < -0.4 is 5.32 Å². The molecule has 0 aromatic heterocycles. The summed E-state index contributed by atoms with van der Waals surface area (Å²) in [6.45, 7) is 6.66. The van der Waals surface area contributed by atoms with Crippen LogP contribution in [0.4, 0.5) is 0 Å². The average Bonchev–Trinajstić information content (AvgIpc) is 3.19. The van der Waals surface area contributed by atoms with Crippen molar-refractivity contribution in [2.24, 2.45) is 4.99 Å². The van der Waals surface area contributed by atoms with Gasteiger partial charge in [0.25, 0.3) is 0 Å². The van der Waals surface area contributed by atoms with Gasteiger partial charge >= 0.3 is 0 Å². The summed E-state index contributed by atoms with van der Waals surface area (Å²) in [4.78, 5) is 5.45. The topological polar surface area (TPSA) is 24.4 Å². The van der Waals surface area contributed by atoms with Gasteiger partial charge in [0.05, 0.1) is 6.04 Å². The highest BCUT2D eigenvalue weighted by Gasteiger charge is 2.20. The van der Waals surface area contributed by atoms with Crippen molar-refractivity contribution in [2.75, 3.05) is 0 Å². The third-order valence-corrected chi connectivity index (χ3v) is 9.67. The van der Waals surface area contributed by atoms with Crippen molar-refractivity contribution in [1.82, 2.24) is 5.32 Å². The van der Waals surface area contributed by atoms with Crippen molar-refractivity contribution < 1.29 is 0 Å². The first-order chi connectivity index (χ1) is 24.7. The van der Waals surface area contributed by atoms with Crippen molar-refractivity contribution in [3.8, 4) is 22.3 Å². The minimum atomic E-state index is -0.0213. The quantitative estimate of drug-likeness (QED) is 0.0995. The molecule has 8 aromatic carbocycles. The van der Waals surface area contributed by atoms with E-state index in [0.717, 1.165) is 29.1 Å². The zero-order valence-corrected chi connectivity index (χ0v) is 28.2. The van der Waals surface area contributed by atoms with Gasteiger partial charge in [-0.15, -0.1) is 0 Å². The number of nitrogens with one attached hydrogen (secondary N) is 1. The SMILES string of the molecule is C=C(NC(=NC(CC)c1ccccc1)c1ccc2c(-c3ccccc3)c3ccccc3c(-c3cccc4ccccc34)c2c1)c1ccccc1. The predicted molar refractivity (Wildman–Crippen MR) is 214 cm³/mol. The fraction of sp³-hybridized carbons (Fsp3) is 0.0625. The van der Waals surface area contributed by atoms with Gasteiger partial charge in [-0.25, -0.2) is 0 Å². The van der Waals surface area contributed by atoms with E-state index in [1.807, 2.05) is 18.2 Å². The first kappa shape index (κ1) is 31.0. The second-order valence-electron chi connectivity index (χ2n) is 12.7. The van der Waals surface area contributed by atoms with Gasteiger partial charge in [0, 0.05) is 11.3 Å². The average molecular weight is 643 g/mol. The van der Waals surface area contributed by atoms with Crippen molar-refractivity contribution >= 4 is 43.9 Å². The maximum absolute atomic E-state index is 5.45. The van der Waals surface area contributed by atoms with E-state index in [-0.39, 0.29) is 6.04 Å². The standard InChI is InChI=1S/C48H38N2/c1-3-45(36-21-9-5-10-22-36)50-48(49-33(2)34-18-7-4-8-19-34)38-30-31-43-44(32-38)47(40-29-17-25-35-20-13-14-26-39(35)40)42-28-16-15-27-41(42)46(43)37-23-11-6-12-24-37/h4-32,45H,2-3H2,1H3,(H,49,50). The molecule has 0 radical (unpaired) electrons. The molecule has 240 valence electrons. The Morgan fingerprint density at radius 1 is 0.540 bits per heavy atom. The Balaban J connectivity index is 1.43. The Hall–Kier alpha value is -6.25. The number of rotatable bonds is 8. The molecular formula is C48H38N2. The Labute approximate surface area is 294 Å². The van der Waals surface area contributed by atoms with Crippen LogP contribution in [0.25, 0.3) is 60.3 Å². The van der Waals surface area contributed by atoms with E-state index in [2.05, 4.69) is 177 Å². The fourth-order valence-corrected chi connectivity index (χ4v) is 7.24. The predicted octanol–water partition coefficient (Wildman–Crippen LogP) is 12.6. The first-order valence-corrected chi connectivity index (χ1v) is 17.4. The highest BCUT2D eigenvalue weighted by Crippen LogP contribution is 2.45. The van der Waals surface area contributed by atoms with Gasteiger partial charge in [0.2, 0.25) is 0 Å². The lowest BCUT2D eigenvalue weighted by Gasteiger charge is -2.21. The van der Waals surface area contributed by atoms with Gasteiger partial charge in [0.1, 0.15) is 5.84 Å². The number of benzene rings is 8. The number of amidine groups is 1. The van der Waals surface area contributed by atoms with Crippen molar-refractivity contribution in [3.63, 3.8) is 0 Å². The van der Waals surface area contributed by atoms with Crippen molar-refractivity contribution in [3.05, 3.63) is 199 Å². The summed E-state index contributed by atoms with van der Waals surface area (Å²) >= 11 is 0. The summed E-state index contributed by atoms with van der Waals surface area (Å²) in [5, 5.41) is 11.0. The normalized spacial score (nSPS) is 12.3. The van der Waals surface area contributed by atoms with Crippen LogP contribution in [0, 0.1) is 0 Å². The van der Waals surface area contributed by atoms with E-state index in [1.165, 1.54) is 60.1 Å². The zero-order valence-electron chi connectivity index (χ0n) is 28.2. The first-order valence-electron chi connectivity index (χ1n) is 17.4. The molecule has 0 aliphatic rings. The minimum Gasteiger partial charge on any atom is -0.340 e. The third-order valence-electron chi connectivity index (χ3n) is 9.67. The molecule has 0 saturated heterocycles. The van der Waals surface area contributed by atoms with E-state index >= 15 is 0 Å². The van der Waals surface area contributed by atoms with Gasteiger partial charge < -0.3 is 5.32 Å². The lowest BCUT2D eigenvalue weighted by molar-refractivity contribution is 0.698.